The molecule has 0 saturated carbocycles. The number of nitrogens with zero attached hydrogens (tertiary/aromatic N) is 7. The van der Waals surface area contributed by atoms with Crippen molar-refractivity contribution >= 4 is 120 Å². The standard InChI is InChI=1S/C9H8N2O.2C8H7BrN2.C7H4BrFO.C7H5BrN2.C2H6/c1-11-9-3-2-7(6-12)4-8(9)5-10-11;1-11-5-6-4-7(9)2-3-8(6)10-11;1-11-8-3-2-7(9)4-6(8)5-10-11;8-6-1-2-7(9)5(3-6)4-10;8-6-1-2-7-5(3-6)4-9-10-7;1-2/h2-6H,1H3;2*2-5H,1H3;1-4H;1-4H,(H,9,10);1-2H3. The van der Waals surface area contributed by atoms with Crippen LogP contribution in [0.2, 0.25) is 0 Å². The first-order valence-electron chi connectivity index (χ1n) is 17.0. The fourth-order valence-electron chi connectivity index (χ4n) is 5.03. The number of aromatic nitrogens is 8. The van der Waals surface area contributed by atoms with E-state index in [-0.39, 0.29) is 5.56 Å². The third kappa shape index (κ3) is 12.3. The van der Waals surface area contributed by atoms with Crippen LogP contribution in [0.4, 0.5) is 4.39 Å². The Balaban J connectivity index is 0.000000154. The van der Waals surface area contributed by atoms with E-state index in [2.05, 4.69) is 101 Å². The van der Waals surface area contributed by atoms with Gasteiger partial charge in [-0.1, -0.05) is 77.6 Å². The summed E-state index contributed by atoms with van der Waals surface area (Å²) in [4.78, 5) is 20.5. The Labute approximate surface area is 356 Å². The fourth-order valence-corrected chi connectivity index (χ4v) is 6.54. The number of carbonyl (C=O) groups excluding carboxylic acids is 2. The predicted octanol–water partition coefficient (Wildman–Crippen LogP) is 11.8. The number of nitrogens with one attached hydrogen (secondary N) is 1. The van der Waals surface area contributed by atoms with Crippen molar-refractivity contribution in [2.45, 2.75) is 13.8 Å². The predicted molar refractivity (Wildman–Crippen MR) is 238 cm³/mol. The summed E-state index contributed by atoms with van der Waals surface area (Å²) >= 11 is 13.3. The number of carbonyl (C=O) groups is 2. The summed E-state index contributed by atoms with van der Waals surface area (Å²) in [5.74, 6) is -0.488. The van der Waals surface area contributed by atoms with Crippen molar-refractivity contribution in [1.82, 2.24) is 39.5 Å². The van der Waals surface area contributed by atoms with Crippen LogP contribution >= 0.6 is 63.7 Å². The molecular formula is C41H37Br4FN8O2. The van der Waals surface area contributed by atoms with Crippen LogP contribution in [-0.4, -0.2) is 52.1 Å². The molecule has 0 aliphatic carbocycles. The van der Waals surface area contributed by atoms with Crippen LogP contribution in [0, 0.1) is 5.82 Å². The topological polar surface area (TPSA) is 116 Å². The molecule has 0 spiro atoms. The lowest BCUT2D eigenvalue weighted by Gasteiger charge is -1.93. The lowest BCUT2D eigenvalue weighted by Crippen LogP contribution is -1.88. The van der Waals surface area contributed by atoms with Crippen LogP contribution in [0.3, 0.4) is 0 Å². The van der Waals surface area contributed by atoms with Gasteiger partial charge in [0.05, 0.1) is 46.2 Å². The minimum Gasteiger partial charge on any atom is -0.298 e. The summed E-state index contributed by atoms with van der Waals surface area (Å²) in [5.41, 5.74) is 5.08. The van der Waals surface area contributed by atoms with Crippen molar-refractivity contribution < 1.29 is 14.0 Å². The average Bonchev–Trinajstić information content (AvgIpc) is 4.00. The zero-order valence-electron chi connectivity index (χ0n) is 31.0. The highest BCUT2D eigenvalue weighted by Crippen LogP contribution is 2.20. The van der Waals surface area contributed by atoms with E-state index >= 15 is 0 Å². The highest BCUT2D eigenvalue weighted by Gasteiger charge is 2.01. The Bertz CT molecular complexity index is 2680. The quantitative estimate of drug-likeness (QED) is 0.172. The van der Waals surface area contributed by atoms with E-state index in [1.54, 1.807) is 29.2 Å². The van der Waals surface area contributed by atoms with Gasteiger partial charge in [0.1, 0.15) is 12.1 Å². The molecule has 4 heterocycles. The highest BCUT2D eigenvalue weighted by molar-refractivity contribution is 9.11. The van der Waals surface area contributed by atoms with Gasteiger partial charge in [-0.3, -0.25) is 28.7 Å². The van der Waals surface area contributed by atoms with Gasteiger partial charge in [0, 0.05) is 72.3 Å². The van der Waals surface area contributed by atoms with Crippen LogP contribution in [-0.2, 0) is 21.1 Å². The molecule has 0 saturated heterocycles. The molecule has 0 unspecified atom stereocenters. The minimum absolute atomic E-state index is 0.0781. The van der Waals surface area contributed by atoms with E-state index < -0.39 is 5.82 Å². The Morgan fingerprint density at radius 1 is 0.607 bits per heavy atom. The zero-order chi connectivity index (χ0) is 40.8. The zero-order valence-corrected chi connectivity index (χ0v) is 37.3. The molecule has 0 atom stereocenters. The first-order valence-corrected chi connectivity index (χ1v) is 20.1. The maximum absolute atomic E-state index is 12.5. The number of benzene rings is 5. The Morgan fingerprint density at radius 3 is 1.77 bits per heavy atom. The van der Waals surface area contributed by atoms with Crippen LogP contribution in [0.1, 0.15) is 34.6 Å². The number of rotatable bonds is 2. The van der Waals surface area contributed by atoms with Gasteiger partial charge >= 0.3 is 0 Å². The monoisotopic (exact) mass is 1010 g/mol. The van der Waals surface area contributed by atoms with E-state index in [4.69, 9.17) is 0 Å². The largest absolute Gasteiger partial charge is 0.298 e. The number of fused-ring (bicyclic) bond motifs is 4. The smallest absolute Gasteiger partial charge is 0.153 e. The van der Waals surface area contributed by atoms with Crippen LogP contribution in [0.5, 0.6) is 0 Å². The third-order valence-electron chi connectivity index (χ3n) is 7.68. The number of aryl methyl sites for hydroxylation is 3. The second-order valence-electron chi connectivity index (χ2n) is 11.6. The van der Waals surface area contributed by atoms with E-state index in [9.17, 15) is 14.0 Å². The van der Waals surface area contributed by atoms with Gasteiger partial charge in [-0.05, 0) is 91.0 Å². The average molecular weight is 1010 g/mol. The summed E-state index contributed by atoms with van der Waals surface area (Å²) in [6, 6.07) is 27.9. The molecule has 56 heavy (non-hydrogen) atoms. The molecule has 0 bridgehead atoms. The third-order valence-corrected chi connectivity index (χ3v) is 9.66. The van der Waals surface area contributed by atoms with Crippen molar-refractivity contribution in [2.75, 3.05) is 0 Å². The van der Waals surface area contributed by atoms with E-state index in [0.717, 1.165) is 52.5 Å². The fraction of sp³-hybridized carbons (Fsp3) is 0.122. The first-order chi connectivity index (χ1) is 26.9. The molecule has 9 aromatic rings. The highest BCUT2D eigenvalue weighted by atomic mass is 79.9. The molecule has 0 aliphatic rings. The molecule has 288 valence electrons. The summed E-state index contributed by atoms with van der Waals surface area (Å²) in [5, 5.41) is 23.7. The van der Waals surface area contributed by atoms with E-state index in [1.807, 2.05) is 111 Å². The lowest BCUT2D eigenvalue weighted by atomic mass is 10.2. The van der Waals surface area contributed by atoms with Crippen LogP contribution in [0.25, 0.3) is 43.6 Å². The molecule has 9 rings (SSSR count). The minimum atomic E-state index is -0.488. The van der Waals surface area contributed by atoms with Gasteiger partial charge in [-0.25, -0.2) is 4.39 Å². The molecule has 0 aliphatic heterocycles. The normalized spacial score (nSPS) is 10.1. The molecule has 1 N–H and O–H groups in total. The molecule has 10 nitrogen and oxygen atoms in total. The van der Waals surface area contributed by atoms with Gasteiger partial charge in [0.25, 0.3) is 0 Å². The molecular weight excluding hydrogens is 975 g/mol. The Hall–Kier alpha value is -4.83. The van der Waals surface area contributed by atoms with Crippen molar-refractivity contribution in [3.63, 3.8) is 0 Å². The summed E-state index contributed by atoms with van der Waals surface area (Å²) in [6.07, 6.45) is 8.75. The SMILES string of the molecule is Brc1ccc2[nH]ncc2c1.CC.Cn1cc2cc(Br)ccc2n1.Cn1ncc2cc(Br)ccc21.Cn1ncc2cc(C=O)ccc21.O=Cc1cc(Br)ccc1F. The summed E-state index contributed by atoms with van der Waals surface area (Å²) in [6.45, 7) is 4.00. The van der Waals surface area contributed by atoms with E-state index in [1.165, 1.54) is 22.9 Å². The summed E-state index contributed by atoms with van der Waals surface area (Å²) < 4.78 is 22.0. The van der Waals surface area contributed by atoms with Crippen molar-refractivity contribution in [1.29, 1.82) is 0 Å². The van der Waals surface area contributed by atoms with E-state index in [0.29, 0.717) is 16.3 Å². The second kappa shape index (κ2) is 21.5. The van der Waals surface area contributed by atoms with Gasteiger partial charge in [-0.2, -0.15) is 20.4 Å². The number of aldehydes is 2. The molecule has 0 amide bonds. The summed E-state index contributed by atoms with van der Waals surface area (Å²) in [7, 11) is 5.74. The molecule has 15 heteroatoms. The van der Waals surface area contributed by atoms with Crippen LogP contribution in [0.15, 0.2) is 134 Å². The number of H-pyrrole nitrogens is 1. The molecule has 4 aromatic heterocycles. The first kappa shape index (κ1) is 43.9. The maximum atomic E-state index is 12.5. The number of aromatic amines is 1. The molecule has 5 aromatic carbocycles. The van der Waals surface area contributed by atoms with Gasteiger partial charge < -0.3 is 0 Å². The number of hydrogen-bond donors (Lipinski definition) is 1. The van der Waals surface area contributed by atoms with Crippen molar-refractivity contribution in [3.05, 3.63) is 151 Å². The Morgan fingerprint density at radius 2 is 1.14 bits per heavy atom. The van der Waals surface area contributed by atoms with Crippen molar-refractivity contribution in [3.8, 4) is 0 Å². The second-order valence-corrected chi connectivity index (χ2v) is 15.2. The van der Waals surface area contributed by atoms with Gasteiger partial charge in [-0.15, -0.1) is 0 Å². The molecule has 0 radical (unpaired) electrons. The molecule has 0 fully saturated rings. The van der Waals surface area contributed by atoms with Gasteiger partial charge in [0.2, 0.25) is 0 Å². The number of halogens is 5. The van der Waals surface area contributed by atoms with Gasteiger partial charge in [0.15, 0.2) is 6.29 Å². The van der Waals surface area contributed by atoms with Crippen molar-refractivity contribution in [2.24, 2.45) is 21.1 Å². The Kier molecular flexibility index (Phi) is 16.8. The number of hydrogen-bond acceptors (Lipinski definition) is 6. The maximum Gasteiger partial charge on any atom is 0.153 e. The lowest BCUT2D eigenvalue weighted by molar-refractivity contribution is 0.111. The van der Waals surface area contributed by atoms with Crippen LogP contribution < -0.4 is 0 Å².